The number of fused-ring (bicyclic) bond motifs is 1. The molecule has 0 aliphatic carbocycles. The molecule has 3 rings (SSSR count). The molecule has 3 nitrogen and oxygen atoms in total. The molecule has 0 aliphatic rings. The molecule has 0 bridgehead atoms. The lowest BCUT2D eigenvalue weighted by Gasteiger charge is -2.16. The van der Waals surface area contributed by atoms with Gasteiger partial charge in [0.2, 0.25) is 5.91 Å². The highest BCUT2D eigenvalue weighted by atomic mass is 32.2. The van der Waals surface area contributed by atoms with Crippen molar-refractivity contribution < 1.29 is 9.18 Å². The number of rotatable bonds is 5. The molecule has 3 aromatic rings. The highest BCUT2D eigenvalue weighted by Crippen LogP contribution is 2.18. The fraction of sp³-hybridized carbons (Fsp3) is 0.211. The number of H-pyrrole nitrogens is 1. The summed E-state index contributed by atoms with van der Waals surface area (Å²) in [6.45, 7) is 0.470. The van der Waals surface area contributed by atoms with E-state index in [1.807, 2.05) is 36.6 Å². The fourth-order valence-corrected chi connectivity index (χ4v) is 3.05. The first-order valence-electron chi connectivity index (χ1n) is 7.69. The van der Waals surface area contributed by atoms with Crippen LogP contribution in [0.3, 0.4) is 0 Å². The molecule has 24 heavy (non-hydrogen) atoms. The fourth-order valence-electron chi connectivity index (χ4n) is 2.65. The van der Waals surface area contributed by atoms with Crippen LogP contribution >= 0.6 is 11.8 Å². The summed E-state index contributed by atoms with van der Waals surface area (Å²) in [5.74, 6) is -0.206. The Labute approximate surface area is 144 Å². The molecule has 0 radical (unpaired) electrons. The number of carbonyl (C=O) groups is 1. The Morgan fingerprint density at radius 1 is 1.17 bits per heavy atom. The van der Waals surface area contributed by atoms with Gasteiger partial charge in [-0.05, 0) is 48.2 Å². The maximum atomic E-state index is 13.3. The Kier molecular flexibility index (Phi) is 4.90. The number of carbonyl (C=O) groups excluding carboxylic acids is 1. The lowest BCUT2D eigenvalue weighted by molar-refractivity contribution is -0.129. The van der Waals surface area contributed by atoms with Crippen molar-refractivity contribution >= 4 is 28.6 Å². The minimum Gasteiger partial charge on any atom is -0.357 e. The number of amides is 1. The Balaban J connectivity index is 1.65. The molecule has 0 unspecified atom stereocenters. The van der Waals surface area contributed by atoms with Gasteiger partial charge in [0.25, 0.3) is 0 Å². The van der Waals surface area contributed by atoms with Gasteiger partial charge in [-0.15, -0.1) is 11.8 Å². The minimum atomic E-state index is -0.258. The molecule has 0 fully saturated rings. The van der Waals surface area contributed by atoms with Gasteiger partial charge in [-0.2, -0.15) is 0 Å². The maximum absolute atomic E-state index is 13.3. The van der Waals surface area contributed by atoms with E-state index in [0.717, 1.165) is 22.2 Å². The summed E-state index contributed by atoms with van der Waals surface area (Å²) >= 11 is 1.68. The molecule has 2 aromatic carbocycles. The van der Waals surface area contributed by atoms with Crippen molar-refractivity contribution in [3.05, 3.63) is 65.6 Å². The first-order valence-corrected chi connectivity index (χ1v) is 8.91. The highest BCUT2D eigenvalue weighted by molar-refractivity contribution is 7.98. The number of nitrogens with zero attached hydrogens (tertiary/aromatic N) is 1. The predicted molar refractivity (Wildman–Crippen MR) is 96.7 cm³/mol. The first kappa shape index (κ1) is 16.6. The third kappa shape index (κ3) is 3.79. The summed E-state index contributed by atoms with van der Waals surface area (Å²) in [6.07, 6.45) is 2.40. The molecular weight excluding hydrogens is 323 g/mol. The molecular formula is C19H19FN2OS. The van der Waals surface area contributed by atoms with Gasteiger partial charge < -0.3 is 9.88 Å². The molecule has 0 spiro atoms. The zero-order valence-electron chi connectivity index (χ0n) is 13.7. The number of likely N-dealkylation sites (N-methyl/N-ethyl adjacent to an activating group) is 1. The van der Waals surface area contributed by atoms with E-state index in [4.69, 9.17) is 0 Å². The van der Waals surface area contributed by atoms with Gasteiger partial charge >= 0.3 is 0 Å². The van der Waals surface area contributed by atoms with Gasteiger partial charge in [0.15, 0.2) is 0 Å². The molecule has 0 aliphatic heterocycles. The van der Waals surface area contributed by atoms with Crippen molar-refractivity contribution in [1.82, 2.24) is 9.88 Å². The number of halogens is 1. The van der Waals surface area contributed by atoms with Crippen molar-refractivity contribution in [3.8, 4) is 0 Å². The van der Waals surface area contributed by atoms with E-state index in [0.29, 0.717) is 13.0 Å². The van der Waals surface area contributed by atoms with Crippen molar-refractivity contribution in [2.75, 3.05) is 13.3 Å². The van der Waals surface area contributed by atoms with E-state index < -0.39 is 0 Å². The van der Waals surface area contributed by atoms with Crippen molar-refractivity contribution in [1.29, 1.82) is 0 Å². The molecule has 1 N–H and O–H groups in total. The van der Waals surface area contributed by atoms with Crippen LogP contribution in [0.5, 0.6) is 0 Å². The predicted octanol–water partition coefficient (Wildman–Crippen LogP) is 4.23. The van der Waals surface area contributed by atoms with Gasteiger partial charge in [-0.3, -0.25) is 4.79 Å². The molecule has 5 heteroatoms. The lowest BCUT2D eigenvalue weighted by atomic mass is 10.1. The number of benzene rings is 2. The number of aromatic nitrogens is 1. The monoisotopic (exact) mass is 342 g/mol. The summed E-state index contributed by atoms with van der Waals surface area (Å²) in [7, 11) is 1.78. The second-order valence-electron chi connectivity index (χ2n) is 5.80. The number of nitrogens with one attached hydrogen (secondary N) is 1. The Morgan fingerprint density at radius 3 is 2.62 bits per heavy atom. The summed E-state index contributed by atoms with van der Waals surface area (Å²) in [5.41, 5.74) is 2.77. The highest BCUT2D eigenvalue weighted by Gasteiger charge is 2.12. The average molecular weight is 342 g/mol. The third-order valence-corrected chi connectivity index (χ3v) is 4.73. The van der Waals surface area contributed by atoms with E-state index in [-0.39, 0.29) is 11.7 Å². The number of hydrogen-bond acceptors (Lipinski definition) is 2. The van der Waals surface area contributed by atoms with Crippen molar-refractivity contribution in [3.63, 3.8) is 0 Å². The Morgan fingerprint density at radius 2 is 1.92 bits per heavy atom. The SMILES string of the molecule is CSc1ccc(CC(=O)N(C)Cc2cc3cc(F)ccc3[nH]2)cc1. The third-order valence-electron chi connectivity index (χ3n) is 3.99. The minimum absolute atomic E-state index is 0.0525. The summed E-state index contributed by atoms with van der Waals surface area (Å²) < 4.78 is 13.3. The Bertz CT molecular complexity index is 857. The van der Waals surface area contributed by atoms with Crippen LogP contribution in [0.15, 0.2) is 53.4 Å². The number of hydrogen-bond donors (Lipinski definition) is 1. The average Bonchev–Trinajstić information content (AvgIpc) is 2.96. The van der Waals surface area contributed by atoms with E-state index in [1.54, 1.807) is 29.8 Å². The van der Waals surface area contributed by atoms with Crippen molar-refractivity contribution in [2.45, 2.75) is 17.9 Å². The largest absolute Gasteiger partial charge is 0.357 e. The standard InChI is InChI=1S/C19H19FN2OS/c1-22(19(23)9-13-3-6-17(24-2)7-4-13)12-16-11-14-10-15(20)5-8-18(14)21-16/h3-8,10-11,21H,9,12H2,1-2H3. The summed E-state index contributed by atoms with van der Waals surface area (Å²) in [4.78, 5) is 18.5. The molecule has 0 atom stereocenters. The maximum Gasteiger partial charge on any atom is 0.227 e. The second-order valence-corrected chi connectivity index (χ2v) is 6.68. The zero-order valence-corrected chi connectivity index (χ0v) is 14.5. The molecule has 1 amide bonds. The topological polar surface area (TPSA) is 36.1 Å². The van der Waals surface area contributed by atoms with Crippen LogP contribution in [0.2, 0.25) is 0 Å². The zero-order chi connectivity index (χ0) is 17.1. The van der Waals surface area contributed by atoms with E-state index >= 15 is 0 Å². The van der Waals surface area contributed by atoms with Gasteiger partial charge in [0.1, 0.15) is 5.82 Å². The van der Waals surface area contributed by atoms with Crippen LogP contribution < -0.4 is 0 Å². The molecule has 1 heterocycles. The smallest absolute Gasteiger partial charge is 0.227 e. The van der Waals surface area contributed by atoms with Crippen LogP contribution in [0.25, 0.3) is 10.9 Å². The van der Waals surface area contributed by atoms with Gasteiger partial charge in [-0.25, -0.2) is 4.39 Å². The van der Waals surface area contributed by atoms with Crippen LogP contribution in [0.4, 0.5) is 4.39 Å². The van der Waals surface area contributed by atoms with E-state index in [2.05, 4.69) is 4.98 Å². The van der Waals surface area contributed by atoms with Gasteiger partial charge in [0.05, 0.1) is 13.0 Å². The van der Waals surface area contributed by atoms with Crippen LogP contribution in [0, 0.1) is 5.82 Å². The Hall–Kier alpha value is -2.27. The number of aromatic amines is 1. The van der Waals surface area contributed by atoms with E-state index in [9.17, 15) is 9.18 Å². The quantitative estimate of drug-likeness (QED) is 0.705. The molecule has 0 saturated carbocycles. The first-order chi connectivity index (χ1) is 11.5. The van der Waals surface area contributed by atoms with Crippen LogP contribution in [0.1, 0.15) is 11.3 Å². The second kappa shape index (κ2) is 7.09. The lowest BCUT2D eigenvalue weighted by Crippen LogP contribution is -2.27. The van der Waals surface area contributed by atoms with Gasteiger partial charge in [-0.1, -0.05) is 12.1 Å². The van der Waals surface area contributed by atoms with Crippen LogP contribution in [-0.2, 0) is 17.8 Å². The van der Waals surface area contributed by atoms with Crippen LogP contribution in [-0.4, -0.2) is 29.1 Å². The summed E-state index contributed by atoms with van der Waals surface area (Å²) in [6, 6.07) is 14.5. The normalized spacial score (nSPS) is 11.0. The summed E-state index contributed by atoms with van der Waals surface area (Å²) in [5, 5.41) is 0.818. The number of thioether (sulfide) groups is 1. The van der Waals surface area contributed by atoms with Gasteiger partial charge in [0, 0.05) is 28.5 Å². The molecule has 1 aromatic heterocycles. The molecule has 0 saturated heterocycles. The molecule has 124 valence electrons. The van der Waals surface area contributed by atoms with Crippen molar-refractivity contribution in [2.24, 2.45) is 0 Å². The van der Waals surface area contributed by atoms with E-state index in [1.165, 1.54) is 17.0 Å².